The van der Waals surface area contributed by atoms with Crippen LogP contribution in [0.15, 0.2) is 53.2 Å². The van der Waals surface area contributed by atoms with Gasteiger partial charge in [-0.25, -0.2) is 9.78 Å². The van der Waals surface area contributed by atoms with E-state index >= 15 is 0 Å². The molecular formula is C27H27N5O4. The molecule has 0 atom stereocenters. The van der Waals surface area contributed by atoms with Crippen molar-refractivity contribution in [3.05, 3.63) is 71.2 Å². The van der Waals surface area contributed by atoms with Crippen LogP contribution < -0.4 is 5.32 Å². The van der Waals surface area contributed by atoms with Crippen LogP contribution in [0.5, 0.6) is 0 Å². The van der Waals surface area contributed by atoms with E-state index in [1.54, 1.807) is 30.2 Å². The zero-order valence-electron chi connectivity index (χ0n) is 20.7. The first kappa shape index (κ1) is 23.5. The molecule has 9 nitrogen and oxygen atoms in total. The fourth-order valence-corrected chi connectivity index (χ4v) is 4.18. The number of aromatic nitrogens is 3. The minimum Gasteiger partial charge on any atom is -0.456 e. The van der Waals surface area contributed by atoms with Gasteiger partial charge in [0.2, 0.25) is 11.7 Å². The molecule has 3 heterocycles. The van der Waals surface area contributed by atoms with Crippen LogP contribution in [-0.2, 0) is 11.3 Å². The van der Waals surface area contributed by atoms with Gasteiger partial charge in [0.25, 0.3) is 5.91 Å². The molecule has 0 fully saturated rings. The number of esters is 1. The smallest absolute Gasteiger partial charge is 0.338 e. The second kappa shape index (κ2) is 9.07. The summed E-state index contributed by atoms with van der Waals surface area (Å²) in [6.45, 7) is 8.69. The molecule has 0 aliphatic carbocycles. The number of aryl methyl sites for hydroxylation is 1. The van der Waals surface area contributed by atoms with Gasteiger partial charge < -0.3 is 19.5 Å². The van der Waals surface area contributed by atoms with Gasteiger partial charge >= 0.3 is 5.97 Å². The van der Waals surface area contributed by atoms with E-state index < -0.39 is 11.6 Å². The van der Waals surface area contributed by atoms with Crippen LogP contribution >= 0.6 is 0 Å². The van der Waals surface area contributed by atoms with Crippen molar-refractivity contribution in [2.75, 3.05) is 18.4 Å². The monoisotopic (exact) mass is 485 g/mol. The first-order valence-corrected chi connectivity index (χ1v) is 11.8. The highest BCUT2D eigenvalue weighted by molar-refractivity contribution is 6.01. The van der Waals surface area contributed by atoms with Gasteiger partial charge in [-0.15, -0.1) is 0 Å². The van der Waals surface area contributed by atoms with Crippen LogP contribution in [0.1, 0.15) is 52.9 Å². The van der Waals surface area contributed by atoms with Gasteiger partial charge in [0, 0.05) is 49.3 Å². The zero-order chi connectivity index (χ0) is 25.4. The Labute approximate surface area is 208 Å². The Morgan fingerprint density at radius 2 is 2.00 bits per heavy atom. The van der Waals surface area contributed by atoms with Crippen LogP contribution in [0.25, 0.3) is 22.2 Å². The van der Waals surface area contributed by atoms with Gasteiger partial charge in [0.1, 0.15) is 11.4 Å². The van der Waals surface area contributed by atoms with Crippen LogP contribution in [0.3, 0.4) is 0 Å². The number of nitrogens with zero attached hydrogens (tertiary/aromatic N) is 4. The van der Waals surface area contributed by atoms with Crippen molar-refractivity contribution in [2.24, 2.45) is 0 Å². The molecule has 1 N–H and O–H groups in total. The normalized spacial score (nSPS) is 13.2. The van der Waals surface area contributed by atoms with Gasteiger partial charge in [-0.2, -0.15) is 4.98 Å². The number of hydrogen-bond acceptors (Lipinski definition) is 8. The summed E-state index contributed by atoms with van der Waals surface area (Å²) in [4.78, 5) is 36.0. The Morgan fingerprint density at radius 3 is 2.75 bits per heavy atom. The summed E-state index contributed by atoms with van der Waals surface area (Å²) in [6, 6.07) is 13.0. The molecule has 5 rings (SSSR count). The molecule has 0 radical (unpaired) electrons. The van der Waals surface area contributed by atoms with E-state index in [0.717, 1.165) is 21.9 Å². The molecule has 4 aromatic rings. The lowest BCUT2D eigenvalue weighted by Crippen LogP contribution is -2.29. The Hall–Kier alpha value is -4.27. The molecule has 1 amide bonds. The third-order valence-electron chi connectivity index (χ3n) is 5.85. The first-order chi connectivity index (χ1) is 17.2. The summed E-state index contributed by atoms with van der Waals surface area (Å²) < 4.78 is 10.5. The summed E-state index contributed by atoms with van der Waals surface area (Å²) in [6.07, 6.45) is 1.75. The lowest BCUT2D eigenvalue weighted by Gasteiger charge is -2.19. The molecule has 2 aromatic carbocycles. The number of pyridine rings is 1. The van der Waals surface area contributed by atoms with E-state index in [-0.39, 0.29) is 5.91 Å². The lowest BCUT2D eigenvalue weighted by atomic mass is 10.1. The Kier molecular flexibility index (Phi) is 5.91. The van der Waals surface area contributed by atoms with E-state index in [9.17, 15) is 9.59 Å². The second-order valence-electron chi connectivity index (χ2n) is 9.76. The number of rotatable bonds is 6. The molecular weight excluding hydrogens is 458 g/mol. The summed E-state index contributed by atoms with van der Waals surface area (Å²) in [7, 11) is 0. The maximum absolute atomic E-state index is 13.0. The second-order valence-corrected chi connectivity index (χ2v) is 9.76. The number of fused-ring (bicyclic) bond motifs is 2. The van der Waals surface area contributed by atoms with Crippen molar-refractivity contribution < 1.29 is 18.8 Å². The maximum Gasteiger partial charge on any atom is 0.338 e. The number of hydrogen-bond donors (Lipinski definition) is 1. The van der Waals surface area contributed by atoms with Crippen LogP contribution in [0.2, 0.25) is 0 Å². The van der Waals surface area contributed by atoms with Gasteiger partial charge in [-0.05, 0) is 56.0 Å². The first-order valence-electron chi connectivity index (χ1n) is 11.8. The summed E-state index contributed by atoms with van der Waals surface area (Å²) in [5, 5.41) is 9.31. The minimum absolute atomic E-state index is 0.0992. The molecule has 36 heavy (non-hydrogen) atoms. The van der Waals surface area contributed by atoms with E-state index in [4.69, 9.17) is 9.26 Å². The molecule has 0 saturated carbocycles. The van der Waals surface area contributed by atoms with Crippen molar-refractivity contribution in [1.82, 2.24) is 20.0 Å². The molecule has 1 aliphatic rings. The van der Waals surface area contributed by atoms with Gasteiger partial charge in [0.15, 0.2) is 0 Å². The molecule has 0 bridgehead atoms. The van der Waals surface area contributed by atoms with Crippen molar-refractivity contribution in [3.8, 4) is 11.4 Å². The van der Waals surface area contributed by atoms with E-state index in [2.05, 4.69) is 20.4 Å². The molecule has 1 aliphatic heterocycles. The standard InChI is InChI=1S/C27H27N5O4/c1-16-30-23(31-36-16)18-6-5-17-9-10-28-24(21(17)13-18)29-11-12-32-15-20-8-7-19(14-22(20)25(32)33)26(34)35-27(2,3)4/h5-10,13-14H,11-12,15H2,1-4H3,(H,28,29). The van der Waals surface area contributed by atoms with E-state index in [0.29, 0.717) is 48.3 Å². The Morgan fingerprint density at radius 1 is 1.17 bits per heavy atom. The summed E-state index contributed by atoms with van der Waals surface area (Å²) >= 11 is 0. The predicted octanol–water partition coefficient (Wildman–Crippen LogP) is 4.62. The highest BCUT2D eigenvalue weighted by Crippen LogP contribution is 2.28. The van der Waals surface area contributed by atoms with Crippen molar-refractivity contribution in [3.63, 3.8) is 0 Å². The topological polar surface area (TPSA) is 110 Å². The third kappa shape index (κ3) is 4.77. The third-order valence-corrected chi connectivity index (χ3v) is 5.85. The largest absolute Gasteiger partial charge is 0.456 e. The average Bonchev–Trinajstić information content (AvgIpc) is 3.41. The number of ether oxygens (including phenoxy) is 1. The molecule has 9 heteroatoms. The average molecular weight is 486 g/mol. The van der Waals surface area contributed by atoms with Crippen LogP contribution in [0.4, 0.5) is 5.82 Å². The number of nitrogens with one attached hydrogen (secondary N) is 1. The number of carbonyl (C=O) groups excluding carboxylic acids is 2. The SMILES string of the molecule is Cc1nc(-c2ccc3ccnc(NCCN4Cc5ccc(C(=O)OC(C)(C)C)cc5C4=O)c3c2)no1. The Balaban J connectivity index is 1.27. The zero-order valence-corrected chi connectivity index (χ0v) is 20.7. The van der Waals surface area contributed by atoms with Gasteiger partial charge in [-0.1, -0.05) is 23.4 Å². The minimum atomic E-state index is -0.599. The lowest BCUT2D eigenvalue weighted by molar-refractivity contribution is 0.00695. The highest BCUT2D eigenvalue weighted by atomic mass is 16.6. The number of anilines is 1. The molecule has 0 unspecified atom stereocenters. The highest BCUT2D eigenvalue weighted by Gasteiger charge is 2.29. The van der Waals surface area contributed by atoms with Crippen molar-refractivity contribution in [1.29, 1.82) is 0 Å². The van der Waals surface area contributed by atoms with E-state index in [1.807, 2.05) is 51.1 Å². The van der Waals surface area contributed by atoms with Crippen LogP contribution in [-0.4, -0.2) is 50.6 Å². The fourth-order valence-electron chi connectivity index (χ4n) is 4.18. The van der Waals surface area contributed by atoms with Crippen molar-refractivity contribution >= 4 is 28.5 Å². The molecule has 2 aromatic heterocycles. The van der Waals surface area contributed by atoms with Crippen LogP contribution in [0, 0.1) is 6.92 Å². The molecule has 184 valence electrons. The number of carbonyl (C=O) groups is 2. The summed E-state index contributed by atoms with van der Waals surface area (Å²) in [5.41, 5.74) is 2.06. The quantitative estimate of drug-likeness (QED) is 0.394. The van der Waals surface area contributed by atoms with Gasteiger partial charge in [0.05, 0.1) is 5.56 Å². The molecule has 0 saturated heterocycles. The number of amides is 1. The maximum atomic E-state index is 13.0. The summed E-state index contributed by atoms with van der Waals surface area (Å²) in [5.74, 6) is 1.21. The van der Waals surface area contributed by atoms with E-state index in [1.165, 1.54) is 0 Å². The fraction of sp³-hybridized carbons (Fsp3) is 0.296. The Bertz CT molecular complexity index is 1470. The predicted molar refractivity (Wildman–Crippen MR) is 135 cm³/mol. The van der Waals surface area contributed by atoms with Crippen molar-refractivity contribution in [2.45, 2.75) is 39.8 Å². The molecule has 0 spiro atoms. The number of benzene rings is 2. The van der Waals surface area contributed by atoms with Gasteiger partial charge in [-0.3, -0.25) is 4.79 Å².